The van der Waals surface area contributed by atoms with Crippen molar-refractivity contribution in [1.29, 1.82) is 0 Å². The van der Waals surface area contributed by atoms with Crippen molar-refractivity contribution >= 4 is 16.4 Å². The Kier molecular flexibility index (Phi) is 42.6. The molecule has 67 heavy (non-hydrogen) atoms. The second-order valence-corrected chi connectivity index (χ2v) is 19.5. The lowest BCUT2D eigenvalue weighted by molar-refractivity contribution is -0.301. The minimum Gasteiger partial charge on any atom is -0.457 e. The van der Waals surface area contributed by atoms with Crippen molar-refractivity contribution in [3.8, 4) is 0 Å². The molecule has 6 atom stereocenters. The van der Waals surface area contributed by atoms with Crippen molar-refractivity contribution in [1.82, 2.24) is 0 Å². The van der Waals surface area contributed by atoms with E-state index < -0.39 is 59.8 Å². The molecule has 392 valence electrons. The quantitative estimate of drug-likeness (QED) is 0.0197. The maximum atomic E-state index is 12.9. The van der Waals surface area contributed by atoms with E-state index in [1.54, 1.807) is 0 Å². The van der Waals surface area contributed by atoms with Crippen LogP contribution >= 0.6 is 0 Å². The number of esters is 1. The van der Waals surface area contributed by atoms with Crippen molar-refractivity contribution in [2.75, 3.05) is 26.4 Å². The molecule has 0 radical (unpaired) electrons. The van der Waals surface area contributed by atoms with E-state index in [4.69, 9.17) is 18.9 Å². The van der Waals surface area contributed by atoms with Crippen molar-refractivity contribution in [3.05, 3.63) is 48.6 Å². The zero-order valence-corrected chi connectivity index (χ0v) is 43.0. The van der Waals surface area contributed by atoms with Crippen LogP contribution in [-0.4, -0.2) is 97.5 Å². The van der Waals surface area contributed by atoms with Gasteiger partial charge in [0, 0.05) is 13.0 Å². The number of hydrogen-bond donors (Lipinski definition) is 4. The fourth-order valence-electron chi connectivity index (χ4n) is 8.20. The van der Waals surface area contributed by atoms with Gasteiger partial charge in [-0.2, -0.15) is 8.42 Å². The lowest BCUT2D eigenvalue weighted by Crippen LogP contribution is -2.60. The van der Waals surface area contributed by atoms with Crippen molar-refractivity contribution in [2.45, 2.75) is 263 Å². The van der Waals surface area contributed by atoms with Gasteiger partial charge in [0.25, 0.3) is 0 Å². The fraction of sp³-hybridized carbons (Fsp3) is 0.833. The maximum Gasteiger partial charge on any atom is 0.397 e. The minimum atomic E-state index is -5.07. The number of carbonyl (C=O) groups excluding carboxylic acids is 1. The molecule has 0 spiro atoms. The summed E-state index contributed by atoms with van der Waals surface area (Å²) in [6.07, 6.45) is 47.1. The average molecular weight is 971 g/mol. The third-order valence-corrected chi connectivity index (χ3v) is 12.7. The summed E-state index contributed by atoms with van der Waals surface area (Å²) in [5.74, 6) is -0.400. The van der Waals surface area contributed by atoms with Gasteiger partial charge in [-0.25, -0.2) is 4.18 Å². The SMILES string of the molecule is CC/C=C\C/C=C\C/C=C\C/C=C\CCCCCCCCCOCC(COC1OC(CO)C(O)C(OS(=O)(=O)O)C1O)OC(=O)CCCCCCCCCCCCCCCCCCCCCC. The van der Waals surface area contributed by atoms with Gasteiger partial charge in [-0.3, -0.25) is 9.35 Å². The first kappa shape index (κ1) is 63.1. The van der Waals surface area contributed by atoms with E-state index in [-0.39, 0.29) is 19.6 Å². The molecule has 6 unspecified atom stereocenters. The molecule has 1 aliphatic rings. The monoisotopic (exact) mass is 971 g/mol. The molecule has 0 amide bonds. The van der Waals surface area contributed by atoms with Crippen LogP contribution in [0, 0.1) is 0 Å². The topological polar surface area (TPSA) is 178 Å². The van der Waals surface area contributed by atoms with Crippen LogP contribution in [0.25, 0.3) is 0 Å². The van der Waals surface area contributed by atoms with Gasteiger partial charge in [0.15, 0.2) is 6.29 Å². The number of carbonyl (C=O) groups is 1. The van der Waals surface area contributed by atoms with E-state index in [0.717, 1.165) is 77.0 Å². The van der Waals surface area contributed by atoms with Crippen LogP contribution in [-0.2, 0) is 38.3 Å². The van der Waals surface area contributed by atoms with Gasteiger partial charge < -0.3 is 34.3 Å². The highest BCUT2D eigenvalue weighted by molar-refractivity contribution is 7.80. The molecule has 1 aliphatic heterocycles. The molecule has 1 fully saturated rings. The van der Waals surface area contributed by atoms with Gasteiger partial charge in [-0.15, -0.1) is 0 Å². The van der Waals surface area contributed by atoms with Gasteiger partial charge in [0.2, 0.25) is 0 Å². The Morgan fingerprint density at radius 3 is 1.51 bits per heavy atom. The summed E-state index contributed by atoms with van der Waals surface area (Å²) in [4.78, 5) is 12.9. The van der Waals surface area contributed by atoms with Crippen molar-refractivity contribution in [3.63, 3.8) is 0 Å². The number of aliphatic hydroxyl groups is 3. The van der Waals surface area contributed by atoms with E-state index in [2.05, 4.69) is 66.6 Å². The van der Waals surface area contributed by atoms with Crippen LogP contribution in [0.5, 0.6) is 0 Å². The predicted molar refractivity (Wildman–Crippen MR) is 271 cm³/mol. The largest absolute Gasteiger partial charge is 0.457 e. The summed E-state index contributed by atoms with van der Waals surface area (Å²) in [6, 6.07) is 0. The number of unbranched alkanes of at least 4 members (excludes halogenated alkanes) is 26. The number of ether oxygens (including phenoxy) is 4. The Bertz CT molecular complexity index is 1350. The third kappa shape index (κ3) is 38.5. The summed E-state index contributed by atoms with van der Waals surface area (Å²) in [7, 11) is -5.07. The highest BCUT2D eigenvalue weighted by Gasteiger charge is 2.48. The molecule has 0 saturated carbocycles. The van der Waals surface area contributed by atoms with Crippen LogP contribution in [0.3, 0.4) is 0 Å². The molecule has 1 rings (SSSR count). The van der Waals surface area contributed by atoms with Gasteiger partial charge in [0.05, 0.1) is 19.8 Å². The lowest BCUT2D eigenvalue weighted by Gasteiger charge is -2.41. The van der Waals surface area contributed by atoms with Crippen LogP contribution in [0.15, 0.2) is 48.6 Å². The smallest absolute Gasteiger partial charge is 0.397 e. The first-order valence-electron chi connectivity index (χ1n) is 26.9. The van der Waals surface area contributed by atoms with Gasteiger partial charge in [0.1, 0.15) is 30.5 Å². The number of allylic oxidation sites excluding steroid dienone is 8. The first-order valence-corrected chi connectivity index (χ1v) is 28.3. The number of hydrogen-bond acceptors (Lipinski definition) is 11. The van der Waals surface area contributed by atoms with Crippen LogP contribution in [0.1, 0.15) is 226 Å². The molecule has 0 aromatic heterocycles. The summed E-state index contributed by atoms with van der Waals surface area (Å²) in [6.45, 7) is 3.89. The average Bonchev–Trinajstić information content (AvgIpc) is 3.30. The molecule has 0 bridgehead atoms. The van der Waals surface area contributed by atoms with E-state index in [9.17, 15) is 33.1 Å². The molecule has 1 saturated heterocycles. The number of aliphatic hydroxyl groups excluding tert-OH is 3. The third-order valence-electron chi connectivity index (χ3n) is 12.2. The zero-order valence-electron chi connectivity index (χ0n) is 42.2. The first-order chi connectivity index (χ1) is 32.6. The molecule has 0 aliphatic carbocycles. The highest BCUT2D eigenvalue weighted by Crippen LogP contribution is 2.26. The Balaban J connectivity index is 2.34. The maximum absolute atomic E-state index is 12.9. The molecular weight excluding hydrogens is 873 g/mol. The summed E-state index contributed by atoms with van der Waals surface area (Å²) < 4.78 is 59.3. The standard InChI is InChI=1S/C54H98O12S/c1-3-5-7-9-11-13-15-17-19-21-23-25-27-29-31-33-35-37-39-41-43-50(56)64-48(47-63-54-52(58)53(66-67(59,60)61)51(57)49(45-55)65-54)46-62-44-42-40-38-36-34-32-30-28-26-24-22-20-18-16-14-12-10-8-6-4-2/h6,8,12,14,18,20,24,26,48-49,51-55,57-58H,3-5,7,9-11,13,15-17,19,21-23,25,27-47H2,1-2H3,(H,59,60,61)/b8-6-,14-12-,20-18-,26-24-. The molecule has 4 N–H and O–H groups in total. The summed E-state index contributed by atoms with van der Waals surface area (Å²) in [5, 5.41) is 30.8. The van der Waals surface area contributed by atoms with Gasteiger partial charge in [-0.1, -0.05) is 217 Å². The Morgan fingerprint density at radius 2 is 1.03 bits per heavy atom. The summed E-state index contributed by atoms with van der Waals surface area (Å²) in [5.41, 5.74) is 0. The second-order valence-electron chi connectivity index (χ2n) is 18.4. The predicted octanol–water partition coefficient (Wildman–Crippen LogP) is 12.7. The van der Waals surface area contributed by atoms with E-state index in [1.807, 2.05) is 0 Å². The molecule has 12 nitrogen and oxygen atoms in total. The Hall–Kier alpha value is -1.94. The normalized spacial score (nSPS) is 19.8. The van der Waals surface area contributed by atoms with Gasteiger partial charge in [-0.05, 0) is 51.4 Å². The van der Waals surface area contributed by atoms with Crippen LogP contribution in [0.2, 0.25) is 0 Å². The zero-order chi connectivity index (χ0) is 48.9. The van der Waals surface area contributed by atoms with Gasteiger partial charge >= 0.3 is 16.4 Å². The van der Waals surface area contributed by atoms with E-state index in [0.29, 0.717) is 13.0 Å². The van der Waals surface area contributed by atoms with E-state index >= 15 is 0 Å². The summed E-state index contributed by atoms with van der Waals surface area (Å²) >= 11 is 0. The van der Waals surface area contributed by atoms with Crippen molar-refractivity contribution in [2.24, 2.45) is 0 Å². The molecule has 0 aromatic rings. The number of rotatable bonds is 47. The molecule has 13 heteroatoms. The Morgan fingerprint density at radius 1 is 0.582 bits per heavy atom. The molecule has 1 heterocycles. The highest BCUT2D eigenvalue weighted by atomic mass is 32.3. The Labute approximate surface area is 408 Å². The van der Waals surface area contributed by atoms with E-state index in [1.165, 1.54) is 122 Å². The van der Waals surface area contributed by atoms with Crippen molar-refractivity contribution < 1.29 is 56.2 Å². The van der Waals surface area contributed by atoms with Crippen LogP contribution in [0.4, 0.5) is 0 Å². The second kappa shape index (κ2) is 45.2. The minimum absolute atomic E-state index is 0.0299. The molecule has 0 aromatic carbocycles. The van der Waals surface area contributed by atoms with Crippen LogP contribution < -0.4 is 0 Å². The fourth-order valence-corrected chi connectivity index (χ4v) is 8.70. The molecular formula is C54H98O12S. The lowest BCUT2D eigenvalue weighted by atomic mass is 9.99.